The number of benzene rings is 3. The second-order valence-electron chi connectivity index (χ2n) is 11.7. The van der Waals surface area contributed by atoms with Crippen LogP contribution in [0.25, 0.3) is 5.69 Å². The fraction of sp³-hybridized carbons (Fsp3) is 0.273. The molecule has 14 heteroatoms. The van der Waals surface area contributed by atoms with Crippen LogP contribution in [0.2, 0.25) is 15.1 Å². The van der Waals surface area contributed by atoms with E-state index in [1.54, 1.807) is 49.1 Å². The number of aromatic nitrogens is 2. The van der Waals surface area contributed by atoms with Gasteiger partial charge >= 0.3 is 6.18 Å². The Morgan fingerprint density at radius 1 is 0.915 bits per heavy atom. The summed E-state index contributed by atoms with van der Waals surface area (Å²) in [5.41, 5.74) is -0.247. The van der Waals surface area contributed by atoms with E-state index in [0.717, 1.165) is 6.07 Å². The monoisotopic (exact) mass is 705 g/mol. The lowest BCUT2D eigenvalue weighted by Crippen LogP contribution is -2.46. The minimum atomic E-state index is -4.63. The van der Waals surface area contributed by atoms with E-state index in [9.17, 15) is 27.6 Å². The highest BCUT2D eigenvalue weighted by molar-refractivity contribution is 6.42. The smallest absolute Gasteiger partial charge is 0.355 e. The van der Waals surface area contributed by atoms with Crippen LogP contribution in [0, 0.1) is 0 Å². The lowest BCUT2D eigenvalue weighted by atomic mass is 9.93. The lowest BCUT2D eigenvalue weighted by molar-refractivity contribution is -0.137. The first-order valence-corrected chi connectivity index (χ1v) is 15.5. The second-order valence-corrected chi connectivity index (χ2v) is 12.9. The first-order chi connectivity index (χ1) is 22.0. The van der Waals surface area contributed by atoms with Gasteiger partial charge in [0.2, 0.25) is 5.95 Å². The van der Waals surface area contributed by atoms with E-state index in [4.69, 9.17) is 39.8 Å². The number of hydrogen-bond donors (Lipinski definition) is 2. The zero-order chi connectivity index (χ0) is 34.4. The van der Waals surface area contributed by atoms with Gasteiger partial charge in [0, 0.05) is 29.8 Å². The maximum absolute atomic E-state index is 14.2. The van der Waals surface area contributed by atoms with Crippen molar-refractivity contribution < 1.29 is 22.8 Å². The van der Waals surface area contributed by atoms with Crippen molar-refractivity contribution in [2.24, 2.45) is 0 Å². The van der Waals surface area contributed by atoms with Crippen molar-refractivity contribution in [2.45, 2.75) is 51.5 Å². The molecular formula is C33H29Cl3F3N5O3. The van der Waals surface area contributed by atoms with Crippen LogP contribution in [0.3, 0.4) is 0 Å². The summed E-state index contributed by atoms with van der Waals surface area (Å²) < 4.78 is 41.6. The fourth-order valence-corrected chi connectivity index (χ4v) is 6.03. The number of anilines is 1. The molecule has 0 unspecified atom stereocenters. The van der Waals surface area contributed by atoms with Crippen molar-refractivity contribution in [2.75, 3.05) is 12.4 Å². The number of hydrogen-bond acceptors (Lipinski definition) is 5. The van der Waals surface area contributed by atoms with Crippen LogP contribution in [0.1, 0.15) is 63.9 Å². The van der Waals surface area contributed by atoms with Crippen LogP contribution in [0.4, 0.5) is 19.1 Å². The molecule has 2 N–H and O–H groups in total. The van der Waals surface area contributed by atoms with Gasteiger partial charge in [0.15, 0.2) is 0 Å². The number of carbonyl (C=O) groups is 2. The summed E-state index contributed by atoms with van der Waals surface area (Å²) >= 11 is 18.3. The molecule has 47 heavy (non-hydrogen) atoms. The van der Waals surface area contributed by atoms with Gasteiger partial charge < -0.3 is 15.5 Å². The number of halogens is 6. The van der Waals surface area contributed by atoms with Crippen LogP contribution in [0.15, 0.2) is 65.5 Å². The first kappa shape index (κ1) is 34.3. The Hall–Kier alpha value is -4.06. The first-order valence-electron chi connectivity index (χ1n) is 14.4. The highest BCUT2D eigenvalue weighted by Gasteiger charge is 2.36. The topological polar surface area (TPSA) is 96.3 Å². The predicted octanol–water partition coefficient (Wildman–Crippen LogP) is 7.51. The van der Waals surface area contributed by atoms with E-state index in [0.29, 0.717) is 38.7 Å². The van der Waals surface area contributed by atoms with Crippen molar-refractivity contribution in [1.82, 2.24) is 19.8 Å². The molecule has 2 amide bonds. The Morgan fingerprint density at radius 2 is 1.57 bits per heavy atom. The van der Waals surface area contributed by atoms with E-state index in [1.807, 2.05) is 6.92 Å². The molecular weight excluding hydrogens is 678 g/mol. The highest BCUT2D eigenvalue weighted by Crippen LogP contribution is 2.37. The number of amides is 2. The molecule has 0 spiro atoms. The Morgan fingerprint density at radius 3 is 2.17 bits per heavy atom. The molecule has 0 saturated carbocycles. The average Bonchev–Trinajstić information content (AvgIpc) is 3.01. The molecule has 1 aliphatic rings. The van der Waals surface area contributed by atoms with Crippen LogP contribution < -0.4 is 16.2 Å². The standard InChI is InChI=1S/C33H29Cl3F3N5O3/c1-17-13-22-27(16-43(17)29(46)19-7-12-24(34)26(36)14-19)41-31(44(30(22)47)21-9-5-18(6-10-21)28(45)40-4)42-32(2,3)20-8-11-23(25(35)15-20)33(37,38)39/h5-12,14-15,17H,13,16H2,1-4H3,(H,40,45)(H,41,42)/t17-/m1/s1. The molecule has 1 atom stereocenters. The minimum absolute atomic E-state index is 0.00246. The summed E-state index contributed by atoms with van der Waals surface area (Å²) in [5.74, 6) is -0.572. The largest absolute Gasteiger partial charge is 0.417 e. The van der Waals surface area contributed by atoms with Gasteiger partial charge in [-0.1, -0.05) is 40.9 Å². The molecule has 8 nitrogen and oxygen atoms in total. The number of rotatable bonds is 6. The SMILES string of the molecule is CNC(=O)c1ccc(-n2c(NC(C)(C)c3ccc(C(F)(F)F)c(Cl)c3)nc3c(c2=O)C[C@@H](C)N(C(=O)c2ccc(Cl)c(Cl)c2)C3)cc1. The summed E-state index contributed by atoms with van der Waals surface area (Å²) in [5, 5.41) is 5.83. The zero-order valence-corrected chi connectivity index (χ0v) is 27.9. The lowest BCUT2D eigenvalue weighted by Gasteiger charge is -2.35. The zero-order valence-electron chi connectivity index (χ0n) is 25.6. The number of alkyl halides is 3. The quantitative estimate of drug-likeness (QED) is 0.217. The van der Waals surface area contributed by atoms with Crippen molar-refractivity contribution in [1.29, 1.82) is 0 Å². The highest BCUT2D eigenvalue weighted by atomic mass is 35.5. The van der Waals surface area contributed by atoms with Gasteiger partial charge in [-0.25, -0.2) is 9.55 Å². The summed E-state index contributed by atoms with van der Waals surface area (Å²) in [6.07, 6.45) is -4.44. The third-order valence-corrected chi connectivity index (χ3v) is 9.13. The van der Waals surface area contributed by atoms with Gasteiger partial charge in [0.1, 0.15) is 0 Å². The fourth-order valence-electron chi connectivity index (χ4n) is 5.44. The number of fused-ring (bicyclic) bond motifs is 1. The van der Waals surface area contributed by atoms with Crippen LogP contribution in [-0.2, 0) is 24.7 Å². The number of nitrogens with zero attached hydrogens (tertiary/aromatic N) is 3. The van der Waals surface area contributed by atoms with E-state index in [-0.39, 0.29) is 41.8 Å². The summed E-state index contributed by atoms with van der Waals surface area (Å²) in [6, 6.07) is 13.9. The maximum Gasteiger partial charge on any atom is 0.417 e. The van der Waals surface area contributed by atoms with Gasteiger partial charge in [0.25, 0.3) is 17.4 Å². The van der Waals surface area contributed by atoms with E-state index in [1.165, 1.54) is 35.9 Å². The van der Waals surface area contributed by atoms with Crippen molar-refractivity contribution in [3.8, 4) is 5.69 Å². The number of carbonyl (C=O) groups excluding carboxylic acids is 2. The van der Waals surface area contributed by atoms with E-state index in [2.05, 4.69) is 10.6 Å². The normalized spacial score (nSPS) is 14.9. The molecule has 2 heterocycles. The Bertz CT molecular complexity index is 1950. The maximum atomic E-state index is 14.2. The molecule has 3 aromatic carbocycles. The predicted molar refractivity (Wildman–Crippen MR) is 176 cm³/mol. The third-order valence-electron chi connectivity index (χ3n) is 8.08. The molecule has 246 valence electrons. The Balaban J connectivity index is 1.61. The molecule has 1 aromatic heterocycles. The second kappa shape index (κ2) is 12.9. The van der Waals surface area contributed by atoms with Crippen molar-refractivity contribution >= 4 is 52.6 Å². The van der Waals surface area contributed by atoms with Crippen LogP contribution in [0.5, 0.6) is 0 Å². The number of nitrogens with one attached hydrogen (secondary N) is 2. The van der Waals surface area contributed by atoms with Gasteiger partial charge in [-0.2, -0.15) is 13.2 Å². The molecule has 0 radical (unpaired) electrons. The molecule has 4 aromatic rings. The summed E-state index contributed by atoms with van der Waals surface area (Å²) in [7, 11) is 1.50. The molecule has 0 fully saturated rings. The van der Waals surface area contributed by atoms with Gasteiger partial charge in [0.05, 0.1) is 44.1 Å². The van der Waals surface area contributed by atoms with Crippen LogP contribution in [-0.4, -0.2) is 39.4 Å². The Labute approximate surface area is 283 Å². The van der Waals surface area contributed by atoms with Gasteiger partial charge in [-0.05, 0) is 87.4 Å². The van der Waals surface area contributed by atoms with Gasteiger partial charge in [-0.15, -0.1) is 0 Å². The third kappa shape index (κ3) is 6.83. The van der Waals surface area contributed by atoms with E-state index >= 15 is 0 Å². The molecule has 0 bridgehead atoms. The van der Waals surface area contributed by atoms with E-state index < -0.39 is 27.9 Å². The van der Waals surface area contributed by atoms with Crippen molar-refractivity contribution in [3.05, 3.63) is 120 Å². The summed E-state index contributed by atoms with van der Waals surface area (Å²) in [6.45, 7) is 5.24. The molecule has 5 rings (SSSR count). The average molecular weight is 707 g/mol. The Kier molecular flexibility index (Phi) is 9.38. The van der Waals surface area contributed by atoms with Gasteiger partial charge in [-0.3, -0.25) is 14.4 Å². The van der Waals surface area contributed by atoms with Crippen molar-refractivity contribution in [3.63, 3.8) is 0 Å². The van der Waals surface area contributed by atoms with Crippen LogP contribution >= 0.6 is 34.8 Å². The minimum Gasteiger partial charge on any atom is -0.355 e. The summed E-state index contributed by atoms with van der Waals surface area (Å²) in [4.78, 5) is 46.4. The molecule has 0 saturated heterocycles. The molecule has 1 aliphatic heterocycles. The molecule has 0 aliphatic carbocycles.